The Morgan fingerprint density at radius 2 is 1.92 bits per heavy atom. The van der Waals surface area contributed by atoms with Gasteiger partial charge in [0.1, 0.15) is 0 Å². The molecule has 2 amide bonds. The lowest BCUT2D eigenvalue weighted by Gasteiger charge is -2.36. The van der Waals surface area contributed by atoms with E-state index < -0.39 is 0 Å². The number of carbonyl (C=O) groups excluding carboxylic acids is 1. The van der Waals surface area contributed by atoms with Gasteiger partial charge >= 0.3 is 6.03 Å². The van der Waals surface area contributed by atoms with Crippen LogP contribution < -0.4 is 5.32 Å². The van der Waals surface area contributed by atoms with Crippen LogP contribution in [0.1, 0.15) is 68.4 Å². The molecule has 1 saturated carbocycles. The zero-order chi connectivity index (χ0) is 18.7. The van der Waals surface area contributed by atoms with Crippen LogP contribution >= 0.6 is 0 Å². The van der Waals surface area contributed by atoms with E-state index in [1.807, 2.05) is 20.9 Å². The molecule has 2 aliphatic rings. The normalized spacial score (nSPS) is 21.1. The molecule has 1 aromatic heterocycles. The van der Waals surface area contributed by atoms with Crippen LogP contribution in [0.15, 0.2) is 0 Å². The summed E-state index contributed by atoms with van der Waals surface area (Å²) in [6.45, 7) is 9.24. The number of amides is 2. The molecule has 0 radical (unpaired) electrons. The fraction of sp³-hybridized carbons (Fsp3) is 0.800. The minimum atomic E-state index is 0.00993. The van der Waals surface area contributed by atoms with E-state index in [-0.39, 0.29) is 12.1 Å². The maximum Gasteiger partial charge on any atom is 0.317 e. The Morgan fingerprint density at radius 3 is 2.50 bits per heavy atom. The summed E-state index contributed by atoms with van der Waals surface area (Å²) in [6, 6.07) is 0.854. The highest BCUT2D eigenvalue weighted by Gasteiger charge is 2.28. The van der Waals surface area contributed by atoms with Gasteiger partial charge in [-0.25, -0.2) is 4.79 Å². The van der Waals surface area contributed by atoms with E-state index in [1.54, 1.807) is 4.90 Å². The van der Waals surface area contributed by atoms with Crippen LogP contribution in [0.5, 0.6) is 0 Å². The molecule has 2 fully saturated rings. The molecule has 0 unspecified atom stereocenters. The molecule has 2 heterocycles. The number of urea groups is 1. The van der Waals surface area contributed by atoms with E-state index >= 15 is 0 Å². The second-order valence-electron chi connectivity index (χ2n) is 8.24. The molecule has 1 aliphatic carbocycles. The molecule has 146 valence electrons. The highest BCUT2D eigenvalue weighted by atomic mass is 16.2. The maximum absolute atomic E-state index is 12.6. The summed E-state index contributed by atoms with van der Waals surface area (Å²) in [4.78, 5) is 17.1. The van der Waals surface area contributed by atoms with E-state index in [9.17, 15) is 4.79 Å². The van der Waals surface area contributed by atoms with Crippen molar-refractivity contribution in [1.82, 2.24) is 25.3 Å². The average Bonchev–Trinajstić information content (AvgIpc) is 3.29. The SMILES string of the molecule is Cc1n[nH]c(C)c1[C@@H](C)N(C)C(=O)NCC1CCN(C2CCCC2)CC1. The standard InChI is InChI=1S/C20H35N5O/c1-14-19(15(2)23-22-14)16(3)24(4)20(26)21-13-17-9-11-25(12-10-17)18-7-5-6-8-18/h16-18H,5-13H2,1-4H3,(H,21,26)(H,22,23)/t16-/m1/s1. The van der Waals surface area contributed by atoms with Crippen molar-refractivity contribution in [2.75, 3.05) is 26.7 Å². The van der Waals surface area contributed by atoms with Crippen LogP contribution in [-0.4, -0.2) is 58.8 Å². The molecule has 6 heteroatoms. The third-order valence-electron chi connectivity index (χ3n) is 6.54. The van der Waals surface area contributed by atoms with Crippen LogP contribution in [0.2, 0.25) is 0 Å². The number of piperidine rings is 1. The molecule has 1 saturated heterocycles. The molecule has 0 bridgehead atoms. The van der Waals surface area contributed by atoms with Crippen molar-refractivity contribution in [2.45, 2.75) is 71.4 Å². The summed E-state index contributed by atoms with van der Waals surface area (Å²) >= 11 is 0. The van der Waals surface area contributed by atoms with Crippen molar-refractivity contribution in [3.63, 3.8) is 0 Å². The molecule has 2 N–H and O–H groups in total. The smallest absolute Gasteiger partial charge is 0.317 e. The maximum atomic E-state index is 12.6. The quantitative estimate of drug-likeness (QED) is 0.845. The first-order valence-corrected chi connectivity index (χ1v) is 10.2. The number of nitrogens with one attached hydrogen (secondary N) is 2. The zero-order valence-corrected chi connectivity index (χ0v) is 16.8. The molecule has 1 atom stereocenters. The Balaban J connectivity index is 1.44. The largest absolute Gasteiger partial charge is 0.338 e. The van der Waals surface area contributed by atoms with Gasteiger partial charge in [-0.3, -0.25) is 5.10 Å². The number of nitrogens with zero attached hydrogens (tertiary/aromatic N) is 3. The van der Waals surface area contributed by atoms with Crippen LogP contribution in [0.4, 0.5) is 4.79 Å². The number of carbonyl (C=O) groups is 1. The number of hydrogen-bond donors (Lipinski definition) is 2. The third-order valence-corrected chi connectivity index (χ3v) is 6.54. The minimum absolute atomic E-state index is 0.00993. The number of aromatic amines is 1. The Kier molecular flexibility index (Phi) is 6.22. The van der Waals surface area contributed by atoms with Gasteiger partial charge in [0.15, 0.2) is 0 Å². The number of rotatable bonds is 5. The van der Waals surface area contributed by atoms with Crippen molar-refractivity contribution >= 4 is 6.03 Å². The van der Waals surface area contributed by atoms with E-state index in [2.05, 4.69) is 27.3 Å². The Morgan fingerprint density at radius 1 is 1.27 bits per heavy atom. The topological polar surface area (TPSA) is 64.3 Å². The third kappa shape index (κ3) is 4.22. The van der Waals surface area contributed by atoms with Gasteiger partial charge in [-0.1, -0.05) is 12.8 Å². The summed E-state index contributed by atoms with van der Waals surface area (Å²) < 4.78 is 0. The van der Waals surface area contributed by atoms with E-state index in [0.717, 1.165) is 29.5 Å². The molecule has 1 aliphatic heterocycles. The molecule has 6 nitrogen and oxygen atoms in total. The highest BCUT2D eigenvalue weighted by Crippen LogP contribution is 2.28. The molecule has 3 rings (SSSR count). The van der Waals surface area contributed by atoms with Crippen molar-refractivity contribution in [3.05, 3.63) is 17.0 Å². The molecular formula is C20H35N5O. The molecule has 0 spiro atoms. The zero-order valence-electron chi connectivity index (χ0n) is 16.8. The van der Waals surface area contributed by atoms with Gasteiger partial charge in [0.05, 0.1) is 11.7 Å². The predicted octanol–water partition coefficient (Wildman–Crippen LogP) is 3.38. The van der Waals surface area contributed by atoms with Gasteiger partial charge in [-0.05, 0) is 65.5 Å². The molecular weight excluding hydrogens is 326 g/mol. The summed E-state index contributed by atoms with van der Waals surface area (Å²) in [5, 5.41) is 10.4. The van der Waals surface area contributed by atoms with Gasteiger partial charge in [0.25, 0.3) is 0 Å². The lowest BCUT2D eigenvalue weighted by Crippen LogP contribution is -2.45. The first-order valence-electron chi connectivity index (χ1n) is 10.2. The van der Waals surface area contributed by atoms with Crippen LogP contribution in [-0.2, 0) is 0 Å². The highest BCUT2D eigenvalue weighted by molar-refractivity contribution is 5.74. The van der Waals surface area contributed by atoms with Gasteiger partial charge in [-0.2, -0.15) is 5.10 Å². The Hall–Kier alpha value is -1.56. The van der Waals surface area contributed by atoms with Crippen molar-refractivity contribution in [2.24, 2.45) is 5.92 Å². The average molecular weight is 362 g/mol. The van der Waals surface area contributed by atoms with Crippen LogP contribution in [0.3, 0.4) is 0 Å². The number of H-pyrrole nitrogens is 1. The van der Waals surface area contributed by atoms with Crippen LogP contribution in [0.25, 0.3) is 0 Å². The van der Waals surface area contributed by atoms with Gasteiger partial charge in [0, 0.05) is 30.9 Å². The monoisotopic (exact) mass is 361 g/mol. The summed E-state index contributed by atoms with van der Waals surface area (Å²) in [5.41, 5.74) is 3.12. The van der Waals surface area contributed by atoms with Crippen molar-refractivity contribution in [1.29, 1.82) is 0 Å². The molecule has 1 aromatic rings. The first-order chi connectivity index (χ1) is 12.5. The fourth-order valence-corrected chi connectivity index (χ4v) is 4.69. The lowest BCUT2D eigenvalue weighted by atomic mass is 9.95. The number of hydrogen-bond acceptors (Lipinski definition) is 3. The van der Waals surface area contributed by atoms with E-state index in [0.29, 0.717) is 5.92 Å². The number of likely N-dealkylation sites (tertiary alicyclic amines) is 1. The second kappa shape index (κ2) is 8.42. The number of aryl methyl sites for hydroxylation is 2. The van der Waals surface area contributed by atoms with Gasteiger partial charge < -0.3 is 15.1 Å². The predicted molar refractivity (Wildman–Crippen MR) is 104 cm³/mol. The van der Waals surface area contributed by atoms with E-state index in [1.165, 1.54) is 51.6 Å². The van der Waals surface area contributed by atoms with Gasteiger partial charge in [-0.15, -0.1) is 0 Å². The van der Waals surface area contributed by atoms with E-state index in [4.69, 9.17) is 0 Å². The summed E-state index contributed by atoms with van der Waals surface area (Å²) in [6.07, 6.45) is 7.99. The van der Waals surface area contributed by atoms with Crippen LogP contribution in [0, 0.1) is 19.8 Å². The second-order valence-corrected chi connectivity index (χ2v) is 8.24. The number of aromatic nitrogens is 2. The van der Waals surface area contributed by atoms with Crippen molar-refractivity contribution in [3.8, 4) is 0 Å². The Labute approximate surface area is 157 Å². The summed E-state index contributed by atoms with van der Waals surface area (Å²) in [5.74, 6) is 0.609. The van der Waals surface area contributed by atoms with Crippen molar-refractivity contribution < 1.29 is 4.79 Å². The summed E-state index contributed by atoms with van der Waals surface area (Å²) in [7, 11) is 1.87. The minimum Gasteiger partial charge on any atom is -0.338 e. The molecule has 26 heavy (non-hydrogen) atoms. The fourth-order valence-electron chi connectivity index (χ4n) is 4.69. The first kappa shape index (κ1) is 19.2. The molecule has 0 aromatic carbocycles. The lowest BCUT2D eigenvalue weighted by molar-refractivity contribution is 0.132. The Bertz CT molecular complexity index is 580. The van der Waals surface area contributed by atoms with Gasteiger partial charge in [0.2, 0.25) is 0 Å².